The van der Waals surface area contributed by atoms with Crippen LogP contribution in [0, 0.1) is 15.0 Å². The first-order chi connectivity index (χ1) is 46.8. The number of hydrogen-bond donors (Lipinski definition) is 2. The van der Waals surface area contributed by atoms with E-state index in [0.717, 1.165) is 98.5 Å². The predicted molar refractivity (Wildman–Crippen MR) is 443 cm³/mol. The monoisotopic (exact) mass is 1720 g/mol. The minimum absolute atomic E-state index is 0. The van der Waals surface area contributed by atoms with Gasteiger partial charge >= 0.3 is 54.1 Å². The van der Waals surface area contributed by atoms with E-state index in [2.05, 4.69) is 73.2 Å². The van der Waals surface area contributed by atoms with Gasteiger partial charge in [0.15, 0.2) is 23.0 Å². The van der Waals surface area contributed by atoms with Gasteiger partial charge in [0.05, 0.1) is 93.4 Å². The second-order valence-electron chi connectivity index (χ2n) is 22.5. The number of halogens is 10. The summed E-state index contributed by atoms with van der Waals surface area (Å²) >= 11 is 2.12. The molecule has 3 aromatic carbocycles. The van der Waals surface area contributed by atoms with Crippen molar-refractivity contribution in [1.29, 1.82) is 5.26 Å². The number of aryl methyl sites for hydroxylation is 4. The molecule has 0 aliphatic carbocycles. The molecule has 0 atom stereocenters. The number of ether oxygens (including phenoxy) is 8. The first kappa shape index (κ1) is 124. The maximum atomic E-state index is 12.6. The molecular formula is C80H124BF9IN7NaO11Si. The molecule has 8 rings (SSSR count). The molecule has 1 aliphatic heterocycles. The molecule has 7 aromatic rings. The van der Waals surface area contributed by atoms with E-state index in [0.29, 0.717) is 110 Å². The van der Waals surface area contributed by atoms with Crippen LogP contribution < -0.4 is 73.2 Å². The number of carboxylic acids is 1. The minimum atomic E-state index is -4.34. The number of aliphatic imine (C=N–C) groups is 1. The Morgan fingerprint density at radius 3 is 1.20 bits per heavy atom. The molecule has 3 N–H and O–H groups in total. The number of Topliss-reactive ketones (excluding diaryl/α,β-unsaturated/α-hetero) is 1. The first-order valence-corrected chi connectivity index (χ1v) is 35.4. The van der Waals surface area contributed by atoms with Gasteiger partial charge < -0.3 is 50.2 Å². The summed E-state index contributed by atoms with van der Waals surface area (Å²) in [5, 5.41) is 16.6. The molecule has 5 heterocycles. The maximum Gasteiger partial charge on any atom is 1.00 e. The maximum absolute atomic E-state index is 12.6. The fourth-order valence-corrected chi connectivity index (χ4v) is 9.59. The molecule has 623 valence electrons. The van der Waals surface area contributed by atoms with Gasteiger partial charge in [-0.2, -0.15) is 44.8 Å². The van der Waals surface area contributed by atoms with Crippen molar-refractivity contribution >= 4 is 56.5 Å². The summed E-state index contributed by atoms with van der Waals surface area (Å²) in [6.07, 6.45) is -7.71. The number of carboxylic acid groups (broad SMARTS) is 1. The number of alkyl halides is 9. The second kappa shape index (κ2) is 62.8. The van der Waals surface area contributed by atoms with Crippen LogP contribution in [0.15, 0.2) is 120 Å². The average Bonchev–Trinajstić information content (AvgIpc) is 0.795. The van der Waals surface area contributed by atoms with E-state index >= 15 is 0 Å². The number of nitrogens with zero attached hydrogens (tertiary/aromatic N) is 6. The van der Waals surface area contributed by atoms with Crippen molar-refractivity contribution in [3.8, 4) is 52.6 Å². The molecule has 111 heavy (non-hydrogen) atoms. The molecule has 3 radical (unpaired) electrons. The van der Waals surface area contributed by atoms with E-state index in [1.807, 2.05) is 36.4 Å². The Balaban J connectivity index is -0.000000124. The molecule has 0 amide bonds. The SMILES string of the molecule is C.C.C.C.C.C.C.C.C.C.COc1cc2c(nc1OC)CCN=C2CCc1ccc(C(F)(F)F)cc1.COc1ccc(CCCC(=O)CCc2ccc(C(F)(F)F)cc2)nc1OC.COc1ccc(CCN)nc1OC.COc1ccc(I)nc1OC.C[Si](C)(C)CC#N.O=C(O)CCc1ccc(C(F)(F)F)cc1.[B].[H-].[Na+]. The molecule has 0 spiro atoms. The van der Waals surface area contributed by atoms with Gasteiger partial charge in [-0.25, -0.2) is 19.9 Å². The number of carbonyl (C=O) groups excluding carboxylic acids is 1. The molecule has 0 saturated heterocycles. The number of aliphatic carboxylic acids is 1. The van der Waals surface area contributed by atoms with Gasteiger partial charge in [0.25, 0.3) is 23.5 Å². The normalized spacial score (nSPS) is 10.3. The number of aromatic nitrogens is 4. The van der Waals surface area contributed by atoms with Crippen molar-refractivity contribution < 1.29 is 123 Å². The third-order valence-electron chi connectivity index (χ3n) is 13.9. The molecule has 0 unspecified atom stereocenters. The number of ketones is 1. The van der Waals surface area contributed by atoms with E-state index in [9.17, 15) is 49.1 Å². The molecule has 0 bridgehead atoms. The van der Waals surface area contributed by atoms with Crippen LogP contribution in [0.2, 0.25) is 25.7 Å². The van der Waals surface area contributed by atoms with Gasteiger partial charge in [-0.1, -0.05) is 130 Å². The zero-order chi connectivity index (χ0) is 73.9. The van der Waals surface area contributed by atoms with Crippen LogP contribution in [-0.2, 0) is 66.6 Å². The number of carbonyl (C=O) groups is 2. The fraction of sp³-hybridized carbons (Fsp3) is 0.475. The van der Waals surface area contributed by atoms with Crippen molar-refractivity contribution in [2.45, 2.75) is 189 Å². The van der Waals surface area contributed by atoms with Crippen LogP contribution in [0.3, 0.4) is 0 Å². The number of benzene rings is 3. The number of hydrogen-bond acceptors (Lipinski definition) is 17. The van der Waals surface area contributed by atoms with Crippen LogP contribution in [0.5, 0.6) is 46.5 Å². The van der Waals surface area contributed by atoms with Crippen LogP contribution in [0.1, 0.15) is 164 Å². The molecule has 0 saturated carbocycles. The van der Waals surface area contributed by atoms with Crippen LogP contribution in [-0.4, -0.2) is 129 Å². The van der Waals surface area contributed by atoms with Crippen LogP contribution in [0.25, 0.3) is 0 Å². The molecular weight excluding hydrogens is 1590 g/mol. The Kier molecular flexibility index (Phi) is 70.3. The van der Waals surface area contributed by atoms with Crippen molar-refractivity contribution in [2.24, 2.45) is 10.7 Å². The smallest absolute Gasteiger partial charge is 1.00 e. The van der Waals surface area contributed by atoms with Crippen molar-refractivity contribution in [3.05, 3.63) is 175 Å². The zero-order valence-electron chi connectivity index (χ0n) is 59.5. The van der Waals surface area contributed by atoms with Gasteiger partial charge in [-0.3, -0.25) is 14.6 Å². The third kappa shape index (κ3) is 46.2. The summed E-state index contributed by atoms with van der Waals surface area (Å²) in [7, 11) is 11.4. The Morgan fingerprint density at radius 1 is 0.495 bits per heavy atom. The first-order valence-electron chi connectivity index (χ1n) is 30.6. The number of rotatable bonds is 24. The molecule has 1 aliphatic rings. The molecule has 0 fully saturated rings. The summed E-state index contributed by atoms with van der Waals surface area (Å²) in [5.41, 5.74) is 9.95. The Labute approximate surface area is 697 Å². The zero-order valence-corrected chi connectivity index (χ0v) is 63.7. The van der Waals surface area contributed by atoms with E-state index in [1.165, 1.54) is 50.6 Å². The summed E-state index contributed by atoms with van der Waals surface area (Å²) in [6, 6.07) is 30.5. The summed E-state index contributed by atoms with van der Waals surface area (Å²) in [6.45, 7) is 7.79. The van der Waals surface area contributed by atoms with E-state index in [1.54, 1.807) is 48.7 Å². The standard InChI is InChI=1S/C20H22F3NO3.C19H19F3N2O2.C10H9F3O2.C9H14N2O2.C7H8INO2.C5H11NSi.10CH4.B.Na.H/c1-26-18-13-11-16(24-19(18)27-2)4-3-5-17(25)12-8-14-6-9-15(10-7-14)20(21,22)23;1-25-17-11-14-15(23-10-9-16(14)24-18(17)26-2)8-5-12-3-6-13(7-4-12)19(20,21)22;11-10(12,13)8-4-1-7(2-5-8)3-6-9(14)15;1-12-8-4-3-7(5-6-10)11-9(8)13-2;1-10-5-3-4-6(8)9-7(5)11-2;1-7(2,3)5-4-6;;;;;;;;;;;;;/h6-7,9-11,13H,3-5,8,12H2,1-2H3;3-4,6-7,11H,5,8-10H2,1-2H3;1-2,4-5H,3,6H2,(H,14,15);3-4H,5-6,10H2,1-2H3;3-4H,1-2H3;5H2,1-3H3;10*1H4;;;/q;;;;;;;;;;;;;;;;;+1;-1. The Morgan fingerprint density at radius 2 is 0.856 bits per heavy atom. The van der Waals surface area contributed by atoms with E-state index in [4.69, 9.17) is 54.0 Å². The van der Waals surface area contributed by atoms with Gasteiger partial charge in [-0.15, -0.1) is 0 Å². The van der Waals surface area contributed by atoms with E-state index < -0.39 is 49.3 Å². The largest absolute Gasteiger partial charge is 1.00 e. The van der Waals surface area contributed by atoms with Gasteiger partial charge in [0.1, 0.15) is 9.48 Å². The topological polar surface area (TPSA) is 242 Å². The van der Waals surface area contributed by atoms with Gasteiger partial charge in [0.2, 0.25) is 0 Å². The minimum Gasteiger partial charge on any atom is -1.00 e. The summed E-state index contributed by atoms with van der Waals surface area (Å²) < 4.78 is 154. The number of nitrogens with two attached hydrogens (primary N) is 1. The van der Waals surface area contributed by atoms with Crippen molar-refractivity contribution in [2.75, 3.05) is 70.0 Å². The quantitative estimate of drug-likeness (QED) is 0.0247. The second-order valence-corrected chi connectivity index (χ2v) is 29.0. The average molecular weight is 1720 g/mol. The fourth-order valence-electron chi connectivity index (χ4n) is 8.72. The van der Waals surface area contributed by atoms with Crippen molar-refractivity contribution in [3.63, 3.8) is 0 Å². The Hall–Kier alpha value is -7.70. The molecule has 4 aromatic heterocycles. The molecule has 18 nitrogen and oxygen atoms in total. The number of fused-ring (bicyclic) bond motifs is 1. The summed E-state index contributed by atoms with van der Waals surface area (Å²) in [4.78, 5) is 44.0. The number of nitriles is 1. The predicted octanol–water partition coefficient (Wildman–Crippen LogP) is 18.7. The van der Waals surface area contributed by atoms with Gasteiger partial charge in [0, 0.05) is 75.8 Å². The van der Waals surface area contributed by atoms with Gasteiger partial charge in [-0.05, 0) is 163 Å². The number of methoxy groups -OCH3 is 8. The van der Waals surface area contributed by atoms with Crippen LogP contribution in [0.4, 0.5) is 39.5 Å². The number of pyridine rings is 4. The third-order valence-corrected chi connectivity index (χ3v) is 15.7. The Bertz CT molecular complexity index is 3720. The van der Waals surface area contributed by atoms with Crippen LogP contribution >= 0.6 is 22.6 Å². The van der Waals surface area contributed by atoms with E-state index in [-0.39, 0.29) is 132 Å². The van der Waals surface area contributed by atoms with Crippen molar-refractivity contribution in [1.82, 2.24) is 19.9 Å². The molecule has 31 heteroatoms. The summed E-state index contributed by atoms with van der Waals surface area (Å²) in [5.74, 6) is 3.39.